The Labute approximate surface area is 229 Å². The van der Waals surface area contributed by atoms with E-state index < -0.39 is 33.7 Å². The van der Waals surface area contributed by atoms with Crippen molar-refractivity contribution in [2.75, 3.05) is 24.3 Å². The van der Waals surface area contributed by atoms with Crippen molar-refractivity contribution in [1.29, 1.82) is 0 Å². The Balaban J connectivity index is 2.19. The van der Waals surface area contributed by atoms with Crippen LogP contribution in [0.4, 0.5) is 5.69 Å². The van der Waals surface area contributed by atoms with Crippen LogP contribution in [0.2, 0.25) is 5.02 Å². The molecule has 4 rings (SSSR count). The van der Waals surface area contributed by atoms with Crippen LogP contribution < -0.4 is 4.31 Å². The van der Waals surface area contributed by atoms with E-state index in [0.717, 1.165) is 22.2 Å². The summed E-state index contributed by atoms with van der Waals surface area (Å²) in [6.45, 7) is 10.0. The molecule has 0 radical (unpaired) electrons. The number of hydrogen-bond acceptors (Lipinski definition) is 5. The molecular weight excluding hydrogens is 528 g/mol. The Kier molecular flexibility index (Phi) is 7.62. The van der Waals surface area contributed by atoms with Crippen LogP contribution in [0.25, 0.3) is 22.0 Å². The smallest absolute Gasteiger partial charge is 0.337 e. The highest BCUT2D eigenvalue weighted by molar-refractivity contribution is 7.92. The van der Waals surface area contributed by atoms with Crippen molar-refractivity contribution in [3.63, 3.8) is 0 Å². The average Bonchev–Trinajstić information content (AvgIpc) is 3.13. The number of rotatable bonds is 8. The molecule has 8 nitrogen and oxygen atoms in total. The summed E-state index contributed by atoms with van der Waals surface area (Å²) in [5, 5.41) is 11.8. The SMILES string of the molecule is COCC[C@@H]1Cn2c(C)cc3c(-c4ccc(Cl)cc4)c([C@H](OC(C)(C)C)C(=O)O)c(C)c(c32)N1S(C)(=O)=O. The highest BCUT2D eigenvalue weighted by atomic mass is 35.5. The Morgan fingerprint density at radius 1 is 1.21 bits per heavy atom. The van der Waals surface area contributed by atoms with Crippen LogP contribution in [0.5, 0.6) is 0 Å². The maximum Gasteiger partial charge on any atom is 0.337 e. The summed E-state index contributed by atoms with van der Waals surface area (Å²) >= 11 is 6.20. The fourth-order valence-corrected chi connectivity index (χ4v) is 6.87. The first-order chi connectivity index (χ1) is 17.7. The van der Waals surface area contributed by atoms with Crippen molar-refractivity contribution in [3.8, 4) is 11.1 Å². The third kappa shape index (κ3) is 5.17. The molecule has 0 aliphatic carbocycles. The molecule has 2 heterocycles. The van der Waals surface area contributed by atoms with Crippen LogP contribution in [0.15, 0.2) is 30.3 Å². The Morgan fingerprint density at radius 2 is 1.84 bits per heavy atom. The minimum Gasteiger partial charge on any atom is -0.479 e. The van der Waals surface area contributed by atoms with Gasteiger partial charge in [-0.3, -0.25) is 4.31 Å². The number of methoxy groups -OCH3 is 1. The summed E-state index contributed by atoms with van der Waals surface area (Å²) in [6, 6.07) is 8.82. The lowest BCUT2D eigenvalue weighted by Crippen LogP contribution is -2.46. The standard InChI is InChI=1S/C28H35ClN2O6S/c1-16-14-21-23(18-8-10-19(29)11-9-18)22(26(27(32)33)37-28(3,4)5)17(2)24-25(21)30(16)15-20(12-13-36-6)31(24)38(7,34)35/h8-11,14,20,26H,12-13,15H2,1-7H3,(H,32,33)/t20-,26+/m1/s1. The normalized spacial score (nSPS) is 16.7. The monoisotopic (exact) mass is 562 g/mol. The van der Waals surface area contributed by atoms with Gasteiger partial charge in [-0.1, -0.05) is 23.7 Å². The quantitative estimate of drug-likeness (QED) is 0.378. The first-order valence-electron chi connectivity index (χ1n) is 12.5. The van der Waals surface area contributed by atoms with E-state index in [-0.39, 0.29) is 0 Å². The van der Waals surface area contributed by atoms with E-state index in [1.165, 1.54) is 10.6 Å². The van der Waals surface area contributed by atoms with Crippen LogP contribution in [0.1, 0.15) is 50.1 Å². The molecule has 0 spiro atoms. The van der Waals surface area contributed by atoms with E-state index in [1.807, 2.05) is 25.1 Å². The molecule has 0 amide bonds. The fraction of sp³-hybridized carbons (Fsp3) is 0.464. The maximum absolute atomic E-state index is 13.3. The lowest BCUT2D eigenvalue weighted by Gasteiger charge is -2.39. The number of aryl methyl sites for hydroxylation is 1. The number of halogens is 1. The summed E-state index contributed by atoms with van der Waals surface area (Å²) in [6.07, 6.45) is 0.332. The number of carboxylic acids is 1. The van der Waals surface area contributed by atoms with Gasteiger partial charge in [-0.15, -0.1) is 0 Å². The second-order valence-corrected chi connectivity index (χ2v) is 13.2. The molecule has 2 atom stereocenters. The van der Waals surface area contributed by atoms with Gasteiger partial charge in [-0.2, -0.15) is 0 Å². The van der Waals surface area contributed by atoms with Gasteiger partial charge in [0.1, 0.15) is 0 Å². The number of ether oxygens (including phenoxy) is 2. The Bertz CT molecular complexity index is 1490. The number of carboxylic acid groups (broad SMARTS) is 1. The van der Waals surface area contributed by atoms with Gasteiger partial charge >= 0.3 is 5.97 Å². The molecule has 2 aromatic carbocycles. The predicted molar refractivity (Wildman–Crippen MR) is 151 cm³/mol. The van der Waals surface area contributed by atoms with Gasteiger partial charge in [0.25, 0.3) is 0 Å². The maximum atomic E-state index is 13.3. The van der Waals surface area contributed by atoms with Gasteiger partial charge in [0, 0.05) is 41.9 Å². The average molecular weight is 563 g/mol. The van der Waals surface area contributed by atoms with Crippen molar-refractivity contribution in [2.45, 2.75) is 65.3 Å². The van der Waals surface area contributed by atoms with Gasteiger partial charge in [-0.05, 0) is 75.9 Å². The molecule has 1 aliphatic rings. The third-order valence-electron chi connectivity index (χ3n) is 6.87. The third-order valence-corrected chi connectivity index (χ3v) is 8.32. The minimum atomic E-state index is -3.73. The van der Waals surface area contributed by atoms with E-state index in [4.69, 9.17) is 21.1 Å². The number of anilines is 1. The molecule has 0 saturated carbocycles. The van der Waals surface area contributed by atoms with Crippen molar-refractivity contribution >= 4 is 44.2 Å². The summed E-state index contributed by atoms with van der Waals surface area (Å²) in [7, 11) is -2.14. The van der Waals surface area contributed by atoms with Gasteiger partial charge < -0.3 is 19.1 Å². The van der Waals surface area contributed by atoms with Crippen LogP contribution in [0.3, 0.4) is 0 Å². The van der Waals surface area contributed by atoms with Crippen LogP contribution >= 0.6 is 11.6 Å². The highest BCUT2D eigenvalue weighted by Gasteiger charge is 2.40. The van der Waals surface area contributed by atoms with E-state index in [1.54, 1.807) is 46.9 Å². The Hall–Kier alpha value is -2.59. The van der Waals surface area contributed by atoms with E-state index in [2.05, 4.69) is 4.57 Å². The fourth-order valence-electron chi connectivity index (χ4n) is 5.47. The lowest BCUT2D eigenvalue weighted by molar-refractivity contribution is -0.160. The van der Waals surface area contributed by atoms with Crippen molar-refractivity contribution in [1.82, 2.24) is 4.57 Å². The van der Waals surface area contributed by atoms with Gasteiger partial charge in [0.2, 0.25) is 10.0 Å². The molecule has 0 unspecified atom stereocenters. The van der Waals surface area contributed by atoms with Crippen LogP contribution in [-0.4, -0.2) is 55.7 Å². The largest absolute Gasteiger partial charge is 0.479 e. The van der Waals surface area contributed by atoms with Crippen molar-refractivity contribution in [2.24, 2.45) is 0 Å². The molecular formula is C28H35ClN2O6S. The van der Waals surface area contributed by atoms with E-state index in [0.29, 0.717) is 47.0 Å². The molecule has 1 aliphatic heterocycles. The summed E-state index contributed by atoms with van der Waals surface area (Å²) < 4.78 is 41.7. The van der Waals surface area contributed by atoms with Gasteiger partial charge in [0.05, 0.1) is 29.1 Å². The predicted octanol–water partition coefficient (Wildman–Crippen LogP) is 5.70. The van der Waals surface area contributed by atoms with Crippen LogP contribution in [0, 0.1) is 13.8 Å². The number of nitrogens with zero attached hydrogens (tertiary/aromatic N) is 2. The molecule has 1 N–H and O–H groups in total. The Morgan fingerprint density at radius 3 is 2.37 bits per heavy atom. The number of aliphatic carboxylic acids is 1. The number of sulfonamides is 1. The topological polar surface area (TPSA) is 98.1 Å². The minimum absolute atomic E-state index is 0.384. The number of hydrogen-bond donors (Lipinski definition) is 1. The molecule has 206 valence electrons. The molecule has 10 heteroatoms. The highest BCUT2D eigenvalue weighted by Crippen LogP contribution is 2.49. The van der Waals surface area contributed by atoms with Crippen LogP contribution in [-0.2, 0) is 30.8 Å². The molecule has 38 heavy (non-hydrogen) atoms. The van der Waals surface area contributed by atoms with Crippen molar-refractivity contribution < 1.29 is 27.8 Å². The second-order valence-electron chi connectivity index (χ2n) is 10.9. The summed E-state index contributed by atoms with van der Waals surface area (Å²) in [5.41, 5.74) is 3.85. The zero-order chi connectivity index (χ0) is 28.2. The van der Waals surface area contributed by atoms with Gasteiger partial charge in [-0.25, -0.2) is 13.2 Å². The second kappa shape index (κ2) is 10.2. The van der Waals surface area contributed by atoms with Crippen molar-refractivity contribution in [3.05, 3.63) is 52.2 Å². The summed E-state index contributed by atoms with van der Waals surface area (Å²) in [4.78, 5) is 12.8. The number of aromatic nitrogens is 1. The molecule has 1 aromatic heterocycles. The van der Waals surface area contributed by atoms with E-state index in [9.17, 15) is 18.3 Å². The first kappa shape index (κ1) is 28.4. The number of carbonyl (C=O) groups is 1. The summed E-state index contributed by atoms with van der Waals surface area (Å²) in [5.74, 6) is -1.15. The van der Waals surface area contributed by atoms with E-state index >= 15 is 0 Å². The first-order valence-corrected chi connectivity index (χ1v) is 14.7. The lowest BCUT2D eigenvalue weighted by atomic mass is 9.87. The molecule has 0 bridgehead atoms. The van der Waals surface area contributed by atoms with Gasteiger partial charge in [0.15, 0.2) is 6.10 Å². The molecule has 3 aromatic rings. The zero-order valence-corrected chi connectivity index (χ0v) is 24.4. The zero-order valence-electron chi connectivity index (χ0n) is 22.8. The molecule has 0 fully saturated rings. The number of benzene rings is 2. The molecule has 0 saturated heterocycles.